The van der Waals surface area contributed by atoms with E-state index < -0.39 is 0 Å². The number of aryl methyl sites for hydroxylation is 1. The number of aromatic nitrogens is 2. The van der Waals surface area contributed by atoms with Crippen molar-refractivity contribution < 1.29 is 0 Å². The van der Waals surface area contributed by atoms with Gasteiger partial charge in [0.15, 0.2) is 0 Å². The lowest BCUT2D eigenvalue weighted by Gasteiger charge is -2.21. The maximum absolute atomic E-state index is 4.51. The van der Waals surface area contributed by atoms with Gasteiger partial charge in [-0.05, 0) is 25.8 Å². The van der Waals surface area contributed by atoms with Crippen LogP contribution in [-0.4, -0.2) is 23.1 Å². The summed E-state index contributed by atoms with van der Waals surface area (Å²) in [5, 5.41) is 1.23. The molecule has 2 aromatic heterocycles. The minimum absolute atomic E-state index is 1.12. The van der Waals surface area contributed by atoms with Crippen LogP contribution in [-0.2, 0) is 0 Å². The summed E-state index contributed by atoms with van der Waals surface area (Å²) in [4.78, 5) is 13.7. The summed E-state index contributed by atoms with van der Waals surface area (Å²) >= 11 is 1.76. The van der Waals surface area contributed by atoms with Crippen LogP contribution in [0.5, 0.6) is 0 Å². The summed E-state index contributed by atoms with van der Waals surface area (Å²) in [6, 6.07) is 2.22. The Balaban J connectivity index is 2.03. The predicted molar refractivity (Wildman–Crippen MR) is 72.8 cm³/mol. The SMILES string of the molecule is Cc1cc2c(N3CCCCCC3)ncnc2s1. The van der Waals surface area contributed by atoms with Gasteiger partial charge >= 0.3 is 0 Å². The Labute approximate surface area is 106 Å². The first-order chi connectivity index (χ1) is 8.34. The van der Waals surface area contributed by atoms with Gasteiger partial charge in [0.2, 0.25) is 0 Å². The van der Waals surface area contributed by atoms with Crippen LogP contribution in [0.4, 0.5) is 5.82 Å². The van der Waals surface area contributed by atoms with E-state index in [0.717, 1.165) is 23.7 Å². The number of hydrogen-bond donors (Lipinski definition) is 0. The van der Waals surface area contributed by atoms with Crippen LogP contribution >= 0.6 is 11.3 Å². The zero-order chi connectivity index (χ0) is 11.7. The van der Waals surface area contributed by atoms with Crippen LogP contribution in [0.3, 0.4) is 0 Å². The van der Waals surface area contributed by atoms with Gasteiger partial charge in [0.1, 0.15) is 17.0 Å². The first kappa shape index (κ1) is 11.0. The van der Waals surface area contributed by atoms with Crippen LogP contribution in [0, 0.1) is 6.92 Å². The third-order valence-corrected chi connectivity index (χ3v) is 4.30. The highest BCUT2D eigenvalue weighted by molar-refractivity contribution is 7.18. The second-order valence-corrected chi connectivity index (χ2v) is 5.91. The molecule has 0 amide bonds. The van der Waals surface area contributed by atoms with Gasteiger partial charge in [-0.3, -0.25) is 0 Å². The van der Waals surface area contributed by atoms with Crippen molar-refractivity contribution in [3.8, 4) is 0 Å². The van der Waals surface area contributed by atoms with Crippen molar-refractivity contribution in [2.75, 3.05) is 18.0 Å². The Morgan fingerprint density at radius 2 is 1.88 bits per heavy atom. The Kier molecular flexibility index (Phi) is 2.97. The molecule has 1 aliphatic heterocycles. The molecular weight excluding hydrogens is 230 g/mol. The van der Waals surface area contributed by atoms with Crippen LogP contribution in [0.2, 0.25) is 0 Å². The number of hydrogen-bond acceptors (Lipinski definition) is 4. The highest BCUT2D eigenvalue weighted by atomic mass is 32.1. The topological polar surface area (TPSA) is 29.0 Å². The van der Waals surface area contributed by atoms with Gasteiger partial charge in [-0.25, -0.2) is 9.97 Å². The Morgan fingerprint density at radius 3 is 2.65 bits per heavy atom. The van der Waals surface area contributed by atoms with Gasteiger partial charge in [0, 0.05) is 18.0 Å². The Morgan fingerprint density at radius 1 is 1.12 bits per heavy atom. The number of anilines is 1. The Bertz CT molecular complexity index is 512. The normalized spacial score (nSPS) is 17.4. The minimum Gasteiger partial charge on any atom is -0.356 e. The second-order valence-electron chi connectivity index (χ2n) is 4.67. The smallest absolute Gasteiger partial charge is 0.140 e. The molecule has 4 heteroatoms. The molecule has 0 spiro atoms. The molecule has 3 nitrogen and oxygen atoms in total. The van der Waals surface area contributed by atoms with Crippen molar-refractivity contribution in [2.24, 2.45) is 0 Å². The van der Waals surface area contributed by atoms with E-state index in [9.17, 15) is 0 Å². The summed E-state index contributed by atoms with van der Waals surface area (Å²) in [7, 11) is 0. The maximum atomic E-state index is 4.51. The molecule has 1 saturated heterocycles. The summed E-state index contributed by atoms with van der Waals surface area (Å²) in [6.07, 6.45) is 6.99. The number of rotatable bonds is 1. The van der Waals surface area contributed by atoms with Crippen molar-refractivity contribution in [1.29, 1.82) is 0 Å². The quantitative estimate of drug-likeness (QED) is 0.773. The van der Waals surface area contributed by atoms with Gasteiger partial charge in [-0.15, -0.1) is 11.3 Å². The zero-order valence-corrected chi connectivity index (χ0v) is 11.0. The van der Waals surface area contributed by atoms with Crippen LogP contribution < -0.4 is 4.90 Å². The second kappa shape index (κ2) is 4.61. The molecule has 90 valence electrons. The van der Waals surface area contributed by atoms with Crippen molar-refractivity contribution in [1.82, 2.24) is 9.97 Å². The summed E-state index contributed by atoms with van der Waals surface area (Å²) < 4.78 is 0. The van der Waals surface area contributed by atoms with Gasteiger partial charge in [0.05, 0.1) is 5.39 Å². The summed E-state index contributed by atoms with van der Waals surface area (Å²) in [5.74, 6) is 1.14. The molecule has 1 fully saturated rings. The molecule has 0 aromatic carbocycles. The van der Waals surface area contributed by atoms with Gasteiger partial charge in [0.25, 0.3) is 0 Å². The molecule has 0 aliphatic carbocycles. The van der Waals surface area contributed by atoms with E-state index in [4.69, 9.17) is 0 Å². The maximum Gasteiger partial charge on any atom is 0.140 e. The molecule has 3 rings (SSSR count). The highest BCUT2D eigenvalue weighted by Crippen LogP contribution is 2.30. The van der Waals surface area contributed by atoms with Crippen molar-refractivity contribution >= 4 is 27.4 Å². The van der Waals surface area contributed by atoms with Crippen LogP contribution in [0.25, 0.3) is 10.2 Å². The largest absolute Gasteiger partial charge is 0.356 e. The summed E-state index contributed by atoms with van der Waals surface area (Å²) in [5.41, 5.74) is 0. The van der Waals surface area contributed by atoms with E-state index in [1.165, 1.54) is 35.9 Å². The van der Waals surface area contributed by atoms with E-state index in [1.54, 1.807) is 17.7 Å². The number of fused-ring (bicyclic) bond motifs is 1. The average molecular weight is 247 g/mol. The lowest BCUT2D eigenvalue weighted by Crippen LogP contribution is -2.25. The van der Waals surface area contributed by atoms with Crippen molar-refractivity contribution in [2.45, 2.75) is 32.6 Å². The highest BCUT2D eigenvalue weighted by Gasteiger charge is 2.15. The minimum atomic E-state index is 1.12. The fourth-order valence-corrected chi connectivity index (χ4v) is 3.34. The standard InChI is InChI=1S/C13H17N3S/c1-10-8-11-12(14-9-15-13(11)17-10)16-6-4-2-3-5-7-16/h8-9H,2-7H2,1H3. The Hall–Kier alpha value is -1.16. The molecule has 0 N–H and O–H groups in total. The molecular formula is C13H17N3S. The third-order valence-electron chi connectivity index (χ3n) is 3.34. The zero-order valence-electron chi connectivity index (χ0n) is 10.1. The molecule has 0 radical (unpaired) electrons. The molecule has 0 unspecified atom stereocenters. The van der Waals surface area contributed by atoms with Gasteiger partial charge in [-0.2, -0.15) is 0 Å². The van der Waals surface area contributed by atoms with E-state index in [-0.39, 0.29) is 0 Å². The monoisotopic (exact) mass is 247 g/mol. The van der Waals surface area contributed by atoms with Gasteiger partial charge in [-0.1, -0.05) is 12.8 Å². The third kappa shape index (κ3) is 2.14. The summed E-state index contributed by atoms with van der Waals surface area (Å²) in [6.45, 7) is 4.42. The first-order valence-electron chi connectivity index (χ1n) is 6.31. The first-order valence-corrected chi connectivity index (χ1v) is 7.12. The predicted octanol–water partition coefficient (Wildman–Crippen LogP) is 3.38. The van der Waals surface area contributed by atoms with E-state index in [2.05, 4.69) is 27.9 Å². The lowest BCUT2D eigenvalue weighted by atomic mass is 10.2. The molecule has 2 aromatic rings. The van der Waals surface area contributed by atoms with Crippen LogP contribution in [0.1, 0.15) is 30.6 Å². The fraction of sp³-hybridized carbons (Fsp3) is 0.538. The molecule has 0 bridgehead atoms. The average Bonchev–Trinajstić information content (AvgIpc) is 2.55. The van der Waals surface area contributed by atoms with Gasteiger partial charge < -0.3 is 4.90 Å². The molecule has 17 heavy (non-hydrogen) atoms. The fourth-order valence-electron chi connectivity index (χ4n) is 2.50. The van der Waals surface area contributed by atoms with E-state index in [1.807, 2.05) is 0 Å². The van der Waals surface area contributed by atoms with E-state index >= 15 is 0 Å². The van der Waals surface area contributed by atoms with E-state index in [0.29, 0.717) is 0 Å². The molecule has 3 heterocycles. The molecule has 0 atom stereocenters. The lowest BCUT2D eigenvalue weighted by molar-refractivity contribution is 0.726. The van der Waals surface area contributed by atoms with Crippen molar-refractivity contribution in [3.05, 3.63) is 17.3 Å². The molecule has 0 saturated carbocycles. The number of nitrogens with zero attached hydrogens (tertiary/aromatic N) is 3. The van der Waals surface area contributed by atoms with Crippen molar-refractivity contribution in [3.63, 3.8) is 0 Å². The van der Waals surface area contributed by atoms with Crippen LogP contribution in [0.15, 0.2) is 12.4 Å². The number of thiophene rings is 1. The molecule has 1 aliphatic rings.